The van der Waals surface area contributed by atoms with Crippen molar-refractivity contribution >= 4 is 17.1 Å². The molecule has 0 radical (unpaired) electrons. The number of aromatic nitrogens is 1. The van der Waals surface area contributed by atoms with Crippen molar-refractivity contribution in [2.24, 2.45) is 5.92 Å². The minimum absolute atomic E-state index is 0.226. The first-order valence-electron chi connectivity index (χ1n) is 4.69. The normalized spacial score (nSPS) is 10.7. The van der Waals surface area contributed by atoms with E-state index in [0.717, 1.165) is 17.8 Å². The molecule has 0 aliphatic carbocycles. The van der Waals surface area contributed by atoms with Crippen LogP contribution < -0.4 is 0 Å². The molecule has 72 valence electrons. The molecule has 2 nitrogen and oxygen atoms in total. The smallest absolute Gasteiger partial charge is 0.142 e. The van der Waals surface area contributed by atoms with E-state index < -0.39 is 0 Å². The van der Waals surface area contributed by atoms with E-state index in [4.69, 9.17) is 0 Å². The number of ketones is 1. The maximum atomic E-state index is 11.6. The number of hydrogen-bond acceptors (Lipinski definition) is 3. The first kappa shape index (κ1) is 10.4. The van der Waals surface area contributed by atoms with E-state index in [2.05, 4.69) is 18.8 Å². The van der Waals surface area contributed by atoms with Gasteiger partial charge in [-0.3, -0.25) is 4.79 Å². The van der Waals surface area contributed by atoms with E-state index >= 15 is 0 Å². The number of carbonyl (C=O) groups is 1. The lowest BCUT2D eigenvalue weighted by atomic mass is 9.96. The molecule has 0 spiro atoms. The summed E-state index contributed by atoms with van der Waals surface area (Å²) in [5, 5.41) is 2.85. The molecule has 13 heavy (non-hydrogen) atoms. The van der Waals surface area contributed by atoms with Gasteiger partial charge in [-0.2, -0.15) is 0 Å². The van der Waals surface area contributed by atoms with Crippen molar-refractivity contribution in [1.29, 1.82) is 0 Å². The molecule has 1 aromatic rings. The minimum Gasteiger partial charge on any atom is -0.299 e. The van der Waals surface area contributed by atoms with E-state index in [0.29, 0.717) is 12.2 Å². The van der Waals surface area contributed by atoms with E-state index in [1.54, 1.807) is 17.5 Å². The van der Waals surface area contributed by atoms with Crippen LogP contribution in [0.5, 0.6) is 0 Å². The summed E-state index contributed by atoms with van der Waals surface area (Å²) >= 11 is 1.56. The van der Waals surface area contributed by atoms with Gasteiger partial charge in [0.25, 0.3) is 0 Å². The van der Waals surface area contributed by atoms with Crippen LogP contribution in [0, 0.1) is 5.92 Å². The standard InChI is InChI=1S/C10H15NOS/c1-3-8(4-2)9(12)7-10-11-5-6-13-10/h5-6,8H,3-4,7H2,1-2H3. The van der Waals surface area contributed by atoms with Crippen molar-refractivity contribution in [1.82, 2.24) is 4.98 Å². The molecule has 3 heteroatoms. The monoisotopic (exact) mass is 197 g/mol. The fourth-order valence-electron chi connectivity index (χ4n) is 1.38. The van der Waals surface area contributed by atoms with E-state index in [1.165, 1.54) is 0 Å². The van der Waals surface area contributed by atoms with Crippen molar-refractivity contribution in [3.05, 3.63) is 16.6 Å². The molecule has 0 saturated carbocycles. The molecule has 0 aliphatic rings. The Morgan fingerprint density at radius 1 is 1.54 bits per heavy atom. The van der Waals surface area contributed by atoms with Crippen LogP contribution in [0.1, 0.15) is 31.7 Å². The number of rotatable bonds is 5. The van der Waals surface area contributed by atoms with Crippen molar-refractivity contribution in [3.8, 4) is 0 Å². The molecular formula is C10H15NOS. The highest BCUT2D eigenvalue weighted by Crippen LogP contribution is 2.14. The molecule has 0 bridgehead atoms. The lowest BCUT2D eigenvalue weighted by Gasteiger charge is -2.08. The molecule has 1 rings (SSSR count). The summed E-state index contributed by atoms with van der Waals surface area (Å²) < 4.78 is 0. The summed E-state index contributed by atoms with van der Waals surface area (Å²) in [5.74, 6) is 0.559. The van der Waals surface area contributed by atoms with Crippen LogP contribution in [0.4, 0.5) is 0 Å². The zero-order valence-electron chi connectivity index (χ0n) is 8.12. The molecule has 1 aromatic heterocycles. The topological polar surface area (TPSA) is 30.0 Å². The highest BCUT2D eigenvalue weighted by Gasteiger charge is 2.15. The van der Waals surface area contributed by atoms with Crippen molar-refractivity contribution in [2.75, 3.05) is 0 Å². The fourth-order valence-corrected chi connectivity index (χ4v) is 2.00. The minimum atomic E-state index is 0.226. The maximum Gasteiger partial charge on any atom is 0.142 e. The average molecular weight is 197 g/mol. The van der Waals surface area contributed by atoms with Gasteiger partial charge in [-0.05, 0) is 12.8 Å². The number of nitrogens with zero attached hydrogens (tertiary/aromatic N) is 1. The van der Waals surface area contributed by atoms with Gasteiger partial charge in [0.1, 0.15) is 5.78 Å². The maximum absolute atomic E-state index is 11.6. The predicted molar refractivity (Wildman–Crippen MR) is 54.9 cm³/mol. The average Bonchev–Trinajstić information content (AvgIpc) is 2.59. The van der Waals surface area contributed by atoms with Gasteiger partial charge < -0.3 is 0 Å². The van der Waals surface area contributed by atoms with Crippen LogP contribution in [0.15, 0.2) is 11.6 Å². The highest BCUT2D eigenvalue weighted by atomic mass is 32.1. The Balaban J connectivity index is 2.49. The Bertz CT molecular complexity index is 252. The van der Waals surface area contributed by atoms with Gasteiger partial charge in [0, 0.05) is 17.5 Å². The van der Waals surface area contributed by atoms with Crippen LogP contribution >= 0.6 is 11.3 Å². The highest BCUT2D eigenvalue weighted by molar-refractivity contribution is 7.09. The summed E-state index contributed by atoms with van der Waals surface area (Å²) in [6.45, 7) is 4.13. The first-order valence-corrected chi connectivity index (χ1v) is 5.57. The number of hydrogen-bond donors (Lipinski definition) is 0. The zero-order valence-corrected chi connectivity index (χ0v) is 8.93. The van der Waals surface area contributed by atoms with Crippen molar-refractivity contribution in [3.63, 3.8) is 0 Å². The molecule has 1 heterocycles. The molecule has 0 aromatic carbocycles. The summed E-state index contributed by atoms with van der Waals surface area (Å²) in [5.41, 5.74) is 0. The Morgan fingerprint density at radius 2 is 2.23 bits per heavy atom. The van der Waals surface area contributed by atoms with Gasteiger partial charge in [0.2, 0.25) is 0 Å². The number of Topliss-reactive ketones (excluding diaryl/α,β-unsaturated/α-hetero) is 1. The predicted octanol–water partition coefficient (Wildman–Crippen LogP) is 2.69. The Hall–Kier alpha value is -0.700. The number of carbonyl (C=O) groups excluding carboxylic acids is 1. The number of thiazole rings is 1. The Labute approximate surface area is 83.0 Å². The first-order chi connectivity index (χ1) is 6.27. The molecule has 0 atom stereocenters. The molecule has 0 saturated heterocycles. The molecule has 0 aliphatic heterocycles. The van der Waals surface area contributed by atoms with Crippen LogP contribution in [-0.4, -0.2) is 10.8 Å². The Morgan fingerprint density at radius 3 is 2.69 bits per heavy atom. The van der Waals surface area contributed by atoms with Gasteiger partial charge >= 0.3 is 0 Å². The molecular weight excluding hydrogens is 182 g/mol. The summed E-state index contributed by atoms with van der Waals surface area (Å²) in [7, 11) is 0. The molecule has 0 N–H and O–H groups in total. The molecule has 0 unspecified atom stereocenters. The molecule has 0 fully saturated rings. The van der Waals surface area contributed by atoms with Crippen molar-refractivity contribution in [2.45, 2.75) is 33.1 Å². The SMILES string of the molecule is CCC(CC)C(=O)Cc1nccs1. The third-order valence-electron chi connectivity index (χ3n) is 2.25. The summed E-state index contributed by atoms with van der Waals surface area (Å²) in [6.07, 6.45) is 4.16. The zero-order chi connectivity index (χ0) is 9.68. The largest absolute Gasteiger partial charge is 0.299 e. The van der Waals surface area contributed by atoms with Crippen LogP contribution in [0.3, 0.4) is 0 Å². The van der Waals surface area contributed by atoms with Crippen LogP contribution in [-0.2, 0) is 11.2 Å². The quantitative estimate of drug-likeness (QED) is 0.726. The van der Waals surface area contributed by atoms with E-state index in [-0.39, 0.29) is 5.92 Å². The van der Waals surface area contributed by atoms with Gasteiger partial charge in [0.15, 0.2) is 0 Å². The van der Waals surface area contributed by atoms with E-state index in [9.17, 15) is 4.79 Å². The fraction of sp³-hybridized carbons (Fsp3) is 0.600. The van der Waals surface area contributed by atoms with E-state index in [1.807, 2.05) is 5.38 Å². The Kier molecular flexibility index (Phi) is 4.09. The second-order valence-corrected chi connectivity index (χ2v) is 4.06. The summed E-state index contributed by atoms with van der Waals surface area (Å²) in [6, 6.07) is 0. The second-order valence-electron chi connectivity index (χ2n) is 3.08. The third-order valence-corrected chi connectivity index (χ3v) is 3.03. The lowest BCUT2D eigenvalue weighted by Crippen LogP contribution is -2.14. The lowest BCUT2D eigenvalue weighted by molar-refractivity contribution is -0.122. The van der Waals surface area contributed by atoms with Gasteiger partial charge in [0.05, 0.1) is 11.4 Å². The summed E-state index contributed by atoms with van der Waals surface area (Å²) in [4.78, 5) is 15.7. The third kappa shape index (κ3) is 2.92. The van der Waals surface area contributed by atoms with Crippen molar-refractivity contribution < 1.29 is 4.79 Å². The van der Waals surface area contributed by atoms with Crippen LogP contribution in [0.2, 0.25) is 0 Å². The van der Waals surface area contributed by atoms with Gasteiger partial charge in [-0.1, -0.05) is 13.8 Å². The second kappa shape index (κ2) is 5.12. The molecule has 0 amide bonds. The van der Waals surface area contributed by atoms with Crippen LogP contribution in [0.25, 0.3) is 0 Å². The van der Waals surface area contributed by atoms with Gasteiger partial charge in [-0.15, -0.1) is 11.3 Å². The van der Waals surface area contributed by atoms with Gasteiger partial charge in [-0.25, -0.2) is 4.98 Å².